The predicted molar refractivity (Wildman–Crippen MR) is 76.4 cm³/mol. The fraction of sp³-hybridized carbons (Fsp3) is 0.800. The molecule has 1 aromatic rings. The summed E-state index contributed by atoms with van der Waals surface area (Å²) in [6, 6.07) is 0.493. The molecule has 3 heterocycles. The van der Waals surface area contributed by atoms with Gasteiger partial charge in [0.15, 0.2) is 6.29 Å². The molecule has 0 atom stereocenters. The van der Waals surface area contributed by atoms with Crippen LogP contribution < -0.4 is 5.32 Å². The minimum Gasteiger partial charge on any atom is -0.339 e. The van der Waals surface area contributed by atoms with E-state index in [4.69, 9.17) is 9.47 Å². The predicted octanol–water partition coefficient (Wildman–Crippen LogP) is 2.41. The fourth-order valence-electron chi connectivity index (χ4n) is 2.72. The van der Waals surface area contributed by atoms with Gasteiger partial charge < -0.3 is 14.8 Å². The standard InChI is InChI=1S/C15H25N3O2/c1-14(2)15(3,4)20-13(19-14)11-9-17-18(10-11)12-5-7-16-8-6-12/h9-10,12-13,16H,5-8H2,1-4H3. The van der Waals surface area contributed by atoms with Crippen molar-refractivity contribution in [3.8, 4) is 0 Å². The van der Waals surface area contributed by atoms with Crippen LogP contribution in [0.25, 0.3) is 0 Å². The van der Waals surface area contributed by atoms with Crippen LogP contribution in [0.5, 0.6) is 0 Å². The van der Waals surface area contributed by atoms with E-state index >= 15 is 0 Å². The highest BCUT2D eigenvalue weighted by molar-refractivity contribution is 5.11. The molecule has 112 valence electrons. The molecule has 0 bridgehead atoms. The van der Waals surface area contributed by atoms with Crippen molar-refractivity contribution in [3.05, 3.63) is 18.0 Å². The van der Waals surface area contributed by atoms with Gasteiger partial charge in [0, 0.05) is 11.8 Å². The maximum Gasteiger partial charge on any atom is 0.188 e. The molecule has 5 heteroatoms. The zero-order valence-corrected chi connectivity index (χ0v) is 12.8. The lowest BCUT2D eigenvalue weighted by Crippen LogP contribution is -2.41. The van der Waals surface area contributed by atoms with Gasteiger partial charge in [-0.05, 0) is 53.6 Å². The number of nitrogens with one attached hydrogen (secondary N) is 1. The molecule has 0 aromatic carbocycles. The third kappa shape index (κ3) is 2.38. The van der Waals surface area contributed by atoms with E-state index in [2.05, 4.69) is 49.0 Å². The van der Waals surface area contributed by atoms with E-state index in [1.54, 1.807) is 0 Å². The summed E-state index contributed by atoms with van der Waals surface area (Å²) < 4.78 is 14.2. The second-order valence-electron chi connectivity index (χ2n) is 6.82. The zero-order valence-electron chi connectivity index (χ0n) is 12.8. The maximum atomic E-state index is 6.06. The Morgan fingerprint density at radius 1 is 1.15 bits per heavy atom. The van der Waals surface area contributed by atoms with Crippen LogP contribution in [0.4, 0.5) is 0 Å². The van der Waals surface area contributed by atoms with E-state index in [1.165, 1.54) is 0 Å². The number of hydrogen-bond donors (Lipinski definition) is 1. The first kappa shape index (κ1) is 14.0. The largest absolute Gasteiger partial charge is 0.339 e. The van der Waals surface area contributed by atoms with Gasteiger partial charge in [0.25, 0.3) is 0 Å². The highest BCUT2D eigenvalue weighted by Crippen LogP contribution is 2.44. The summed E-state index contributed by atoms with van der Waals surface area (Å²) in [6.07, 6.45) is 5.91. The molecular weight excluding hydrogens is 254 g/mol. The minimum atomic E-state index is -0.310. The van der Waals surface area contributed by atoms with Crippen molar-refractivity contribution in [2.75, 3.05) is 13.1 Å². The lowest BCUT2D eigenvalue weighted by molar-refractivity contribution is -0.0896. The lowest BCUT2D eigenvalue weighted by atomic mass is 9.90. The van der Waals surface area contributed by atoms with Gasteiger partial charge in [-0.25, -0.2) is 0 Å². The monoisotopic (exact) mass is 279 g/mol. The summed E-state index contributed by atoms with van der Waals surface area (Å²) in [7, 11) is 0. The number of nitrogens with zero attached hydrogens (tertiary/aromatic N) is 2. The van der Waals surface area contributed by atoms with Crippen LogP contribution in [-0.4, -0.2) is 34.1 Å². The second kappa shape index (κ2) is 4.83. The average Bonchev–Trinajstić information content (AvgIpc) is 2.94. The molecule has 0 aliphatic carbocycles. The van der Waals surface area contributed by atoms with Crippen molar-refractivity contribution in [1.29, 1.82) is 0 Å². The Balaban J connectivity index is 1.74. The Morgan fingerprint density at radius 3 is 2.35 bits per heavy atom. The van der Waals surface area contributed by atoms with Crippen molar-refractivity contribution in [3.63, 3.8) is 0 Å². The van der Waals surface area contributed by atoms with Crippen molar-refractivity contribution in [2.45, 2.75) is 64.1 Å². The summed E-state index contributed by atoms with van der Waals surface area (Å²) in [4.78, 5) is 0. The van der Waals surface area contributed by atoms with Crippen LogP contribution in [-0.2, 0) is 9.47 Å². The molecule has 0 spiro atoms. The van der Waals surface area contributed by atoms with Crippen molar-refractivity contribution >= 4 is 0 Å². The highest BCUT2D eigenvalue weighted by atomic mass is 16.7. The normalized spacial score (nSPS) is 27.0. The van der Waals surface area contributed by atoms with E-state index < -0.39 is 0 Å². The third-order valence-electron chi connectivity index (χ3n) is 4.83. The molecule has 2 fully saturated rings. The van der Waals surface area contributed by atoms with Crippen LogP contribution in [0.2, 0.25) is 0 Å². The van der Waals surface area contributed by atoms with Crippen LogP contribution in [0.1, 0.15) is 58.4 Å². The number of rotatable bonds is 2. The maximum absolute atomic E-state index is 6.06. The van der Waals surface area contributed by atoms with Crippen LogP contribution in [0.3, 0.4) is 0 Å². The molecule has 0 amide bonds. The van der Waals surface area contributed by atoms with Gasteiger partial charge in [-0.15, -0.1) is 0 Å². The first-order valence-electron chi connectivity index (χ1n) is 7.49. The Labute approximate surface area is 120 Å². The highest BCUT2D eigenvalue weighted by Gasteiger charge is 2.49. The van der Waals surface area contributed by atoms with E-state index in [1.807, 2.05) is 6.20 Å². The molecule has 3 rings (SSSR count). The van der Waals surface area contributed by atoms with Crippen molar-refractivity contribution in [2.24, 2.45) is 0 Å². The van der Waals surface area contributed by atoms with Gasteiger partial charge in [-0.3, -0.25) is 4.68 Å². The smallest absolute Gasteiger partial charge is 0.188 e. The number of hydrogen-bond acceptors (Lipinski definition) is 4. The molecule has 0 saturated carbocycles. The van der Waals surface area contributed by atoms with Crippen LogP contribution in [0.15, 0.2) is 12.4 Å². The van der Waals surface area contributed by atoms with Gasteiger partial charge in [0.05, 0.1) is 23.4 Å². The van der Waals surface area contributed by atoms with Gasteiger partial charge >= 0.3 is 0 Å². The number of aromatic nitrogens is 2. The Bertz CT molecular complexity index is 459. The molecule has 1 N–H and O–H groups in total. The summed E-state index contributed by atoms with van der Waals surface area (Å²) in [6.45, 7) is 10.4. The zero-order chi connectivity index (χ0) is 14.4. The second-order valence-corrected chi connectivity index (χ2v) is 6.82. The Kier molecular flexibility index (Phi) is 3.39. The quantitative estimate of drug-likeness (QED) is 0.903. The Hall–Kier alpha value is -0.910. The topological polar surface area (TPSA) is 48.3 Å². The van der Waals surface area contributed by atoms with Gasteiger partial charge in [0.2, 0.25) is 0 Å². The third-order valence-corrected chi connectivity index (χ3v) is 4.83. The van der Waals surface area contributed by atoms with Crippen LogP contribution >= 0.6 is 0 Å². The lowest BCUT2D eigenvalue weighted by Gasteiger charge is -2.30. The fourth-order valence-corrected chi connectivity index (χ4v) is 2.72. The molecule has 2 saturated heterocycles. The minimum absolute atomic E-state index is 0.297. The summed E-state index contributed by atoms with van der Waals surface area (Å²) in [5, 5.41) is 7.89. The van der Waals surface area contributed by atoms with E-state index in [0.717, 1.165) is 31.5 Å². The average molecular weight is 279 g/mol. The van der Waals surface area contributed by atoms with E-state index in [-0.39, 0.29) is 17.5 Å². The molecule has 2 aliphatic rings. The molecule has 0 unspecified atom stereocenters. The van der Waals surface area contributed by atoms with E-state index in [9.17, 15) is 0 Å². The summed E-state index contributed by atoms with van der Waals surface area (Å²) in [5.74, 6) is 0. The summed E-state index contributed by atoms with van der Waals surface area (Å²) in [5.41, 5.74) is 0.422. The van der Waals surface area contributed by atoms with Crippen LogP contribution in [0, 0.1) is 0 Å². The van der Waals surface area contributed by atoms with E-state index in [0.29, 0.717) is 6.04 Å². The molecule has 0 radical (unpaired) electrons. The first-order chi connectivity index (χ1) is 9.39. The molecule has 20 heavy (non-hydrogen) atoms. The molecular formula is C15H25N3O2. The molecule has 5 nitrogen and oxygen atoms in total. The first-order valence-corrected chi connectivity index (χ1v) is 7.49. The summed E-state index contributed by atoms with van der Waals surface area (Å²) >= 11 is 0. The SMILES string of the molecule is CC1(C)OC(c2cnn(C3CCNCC3)c2)OC1(C)C. The van der Waals surface area contributed by atoms with Gasteiger partial charge in [-0.1, -0.05) is 0 Å². The Morgan fingerprint density at radius 2 is 1.75 bits per heavy atom. The molecule has 2 aliphatic heterocycles. The van der Waals surface area contributed by atoms with Gasteiger partial charge in [-0.2, -0.15) is 5.10 Å². The molecule has 1 aromatic heterocycles. The number of ether oxygens (including phenoxy) is 2. The van der Waals surface area contributed by atoms with Crippen molar-refractivity contribution in [1.82, 2.24) is 15.1 Å². The van der Waals surface area contributed by atoms with Crippen molar-refractivity contribution < 1.29 is 9.47 Å². The van der Waals surface area contributed by atoms with Gasteiger partial charge in [0.1, 0.15) is 0 Å². The number of piperidine rings is 1.